The van der Waals surface area contributed by atoms with E-state index < -0.39 is 46.7 Å². The predicted octanol–water partition coefficient (Wildman–Crippen LogP) is 10.2. The number of nitrogens with one attached hydrogen (secondary N) is 3. The summed E-state index contributed by atoms with van der Waals surface area (Å²) in [5, 5.41) is 40.8. The Morgan fingerprint density at radius 1 is 0.912 bits per heavy atom. The Kier molecular flexibility index (Phi) is 19.8. The fourth-order valence-electron chi connectivity index (χ4n) is 12.8. The summed E-state index contributed by atoms with van der Waals surface area (Å²) in [6.07, 6.45) is 5.03. The van der Waals surface area contributed by atoms with Crippen molar-refractivity contribution in [2.24, 2.45) is 10.8 Å². The average Bonchev–Trinajstić information content (AvgIpc) is 1.99. The number of anilines is 4. The lowest BCUT2D eigenvalue weighted by atomic mass is 9.78. The molecule has 0 bridgehead atoms. The van der Waals surface area contributed by atoms with Gasteiger partial charge in [-0.25, -0.2) is 24.1 Å². The number of carbonyl (C=O) groups is 5. The number of aromatic nitrogens is 5. The minimum absolute atomic E-state index is 0.0141. The minimum atomic E-state index is -1.13. The first-order chi connectivity index (χ1) is 43.7. The van der Waals surface area contributed by atoms with Crippen molar-refractivity contribution in [2.45, 2.75) is 136 Å². The summed E-state index contributed by atoms with van der Waals surface area (Å²) in [4.78, 5) is 91.6. The second kappa shape index (κ2) is 27.9. The molecular weight excluding hydrogens is 1220 g/mol. The topological polar surface area (TPSA) is 249 Å². The monoisotopic (exact) mass is 1290 g/mol. The van der Waals surface area contributed by atoms with Crippen LogP contribution in [-0.2, 0) is 32.0 Å². The van der Waals surface area contributed by atoms with Gasteiger partial charge in [0.15, 0.2) is 39.2 Å². The molecule has 4 atom stereocenters. The van der Waals surface area contributed by atoms with Crippen LogP contribution in [0.4, 0.5) is 26.3 Å². The summed E-state index contributed by atoms with van der Waals surface area (Å²) in [7, 11) is 0. The number of ether oxygens (including phenoxy) is 1. The maximum Gasteiger partial charge on any atom is 0.355 e. The van der Waals surface area contributed by atoms with Crippen LogP contribution >= 0.6 is 34.0 Å². The van der Waals surface area contributed by atoms with Crippen molar-refractivity contribution >= 4 is 95.7 Å². The third-order valence-electron chi connectivity index (χ3n) is 17.8. The Balaban J connectivity index is 0.625. The standard InChI is InChI=1S/C67H77FN12O8S3/c1-40-47-15-12-28-79(60(47)76-75-59(40)74-64-71-49-16-7-8-17-52(49)90-64)65-73-56(63(86)87)53(91-65)18-13-33-88-51-24-19-43(34-48(51)68)14-11-27-77-29-31-78(32-30-77)55(83)37-67(25-9-10-26-67)36-54(82)72-58(66(4,5)6)62(85)80-38-46(81)35-50(80)61(84)70-41(2)44-20-22-45(23-21-44)57-42(3)69-39-89-57/h7-8,16-17,19-24,34,39,41,46,50,58,81H,9-10,12-13,15,18,25-33,35-38H2,1-6H3,(H,70,84)(H,72,82)(H,86,87)(H,71,74,75)/t41-,46+,50-,58?/m0/s1. The first-order valence-corrected chi connectivity index (χ1v) is 33.7. The highest BCUT2D eigenvalue weighted by molar-refractivity contribution is 7.22. The molecular formula is C67H77FN12O8S3. The summed E-state index contributed by atoms with van der Waals surface area (Å²) < 4.78 is 22.3. The number of benzene rings is 3. The van der Waals surface area contributed by atoms with Gasteiger partial charge in [-0.2, -0.15) is 0 Å². The largest absolute Gasteiger partial charge is 0.491 e. The molecule has 0 radical (unpaired) electrons. The number of amides is 4. The number of thiazole rings is 3. The number of carbonyl (C=O) groups excluding carboxylic acids is 4. The van der Waals surface area contributed by atoms with E-state index in [1.54, 1.807) is 23.5 Å². The van der Waals surface area contributed by atoms with E-state index in [1.807, 2.05) is 105 Å². The van der Waals surface area contributed by atoms with E-state index in [2.05, 4.69) is 57.8 Å². The number of rotatable bonds is 20. The minimum Gasteiger partial charge on any atom is -0.491 e. The second-order valence-electron chi connectivity index (χ2n) is 25.4. The maximum absolute atomic E-state index is 15.4. The lowest BCUT2D eigenvalue weighted by Gasteiger charge is -2.38. The van der Waals surface area contributed by atoms with Crippen molar-refractivity contribution in [3.63, 3.8) is 0 Å². The molecule has 7 heterocycles. The maximum atomic E-state index is 15.4. The number of hydrogen-bond acceptors (Lipinski definition) is 18. The van der Waals surface area contributed by atoms with E-state index in [4.69, 9.17) is 4.74 Å². The molecule has 4 amide bonds. The van der Waals surface area contributed by atoms with Crippen LogP contribution in [0.2, 0.25) is 0 Å². The molecule has 1 unspecified atom stereocenters. The summed E-state index contributed by atoms with van der Waals surface area (Å²) in [6, 6.07) is 18.1. The molecule has 4 aliphatic rings. The van der Waals surface area contributed by atoms with Crippen LogP contribution in [0, 0.1) is 42.3 Å². The summed E-state index contributed by atoms with van der Waals surface area (Å²) in [5.41, 5.74) is 6.70. The fraction of sp³-hybridized carbons (Fsp3) is 0.463. The number of aromatic carboxylic acids is 1. The van der Waals surface area contributed by atoms with Crippen molar-refractivity contribution in [1.82, 2.24) is 50.5 Å². The van der Waals surface area contributed by atoms with E-state index in [-0.39, 0.29) is 67.6 Å². The number of aliphatic hydroxyl groups excluding tert-OH is 1. The zero-order valence-electron chi connectivity index (χ0n) is 52.1. The van der Waals surface area contributed by atoms with Gasteiger partial charge in [-0.05, 0) is 112 Å². The van der Waals surface area contributed by atoms with Gasteiger partial charge in [-0.1, -0.05) is 93.2 Å². The zero-order valence-corrected chi connectivity index (χ0v) is 54.6. The number of nitrogens with zero attached hydrogens (tertiary/aromatic N) is 9. The molecule has 4 aromatic heterocycles. The van der Waals surface area contributed by atoms with Crippen molar-refractivity contribution in [1.29, 1.82) is 0 Å². The van der Waals surface area contributed by atoms with Gasteiger partial charge in [0.05, 0.1) is 51.6 Å². The van der Waals surface area contributed by atoms with Gasteiger partial charge in [-0.15, -0.1) is 32.9 Å². The molecule has 478 valence electrons. The van der Waals surface area contributed by atoms with Crippen molar-refractivity contribution in [2.75, 3.05) is 62.6 Å². The summed E-state index contributed by atoms with van der Waals surface area (Å²) in [5.74, 6) is 4.70. The molecule has 3 aliphatic heterocycles. The van der Waals surface area contributed by atoms with Crippen LogP contribution in [0.5, 0.6) is 5.75 Å². The predicted molar refractivity (Wildman–Crippen MR) is 351 cm³/mol. The first kappa shape index (κ1) is 64.6. The Morgan fingerprint density at radius 2 is 1.68 bits per heavy atom. The molecule has 24 heteroatoms. The van der Waals surface area contributed by atoms with Crippen molar-refractivity contribution in [3.05, 3.63) is 117 Å². The van der Waals surface area contributed by atoms with Gasteiger partial charge >= 0.3 is 5.97 Å². The number of piperazine rings is 1. The quantitative estimate of drug-likeness (QED) is 0.0352. The molecule has 3 aromatic carbocycles. The van der Waals surface area contributed by atoms with Gasteiger partial charge in [0.2, 0.25) is 23.6 Å². The number of fused-ring (bicyclic) bond motifs is 2. The number of β-amino-alcohol motifs (C(OH)–C–C–N with tert-alkyl or cyclic N) is 1. The fourth-order valence-corrected chi connectivity index (χ4v) is 15.6. The smallest absolute Gasteiger partial charge is 0.355 e. The van der Waals surface area contributed by atoms with Crippen LogP contribution in [0.3, 0.4) is 0 Å². The molecule has 91 heavy (non-hydrogen) atoms. The van der Waals surface area contributed by atoms with Crippen molar-refractivity contribution in [3.8, 4) is 28.0 Å². The molecule has 7 aromatic rings. The zero-order chi connectivity index (χ0) is 64.1. The molecule has 11 rings (SSSR count). The Hall–Kier alpha value is -7.95. The first-order valence-electron chi connectivity index (χ1n) is 31.2. The molecule has 1 saturated carbocycles. The summed E-state index contributed by atoms with van der Waals surface area (Å²) in [6.45, 7) is 14.7. The van der Waals surface area contributed by atoms with Crippen molar-refractivity contribution < 1.29 is 43.3 Å². The third kappa shape index (κ3) is 15.0. The Bertz CT molecular complexity index is 3860. The molecule has 3 fully saturated rings. The highest BCUT2D eigenvalue weighted by Crippen LogP contribution is 2.45. The molecule has 20 nitrogen and oxygen atoms in total. The summed E-state index contributed by atoms with van der Waals surface area (Å²) >= 11 is 4.41. The second-order valence-corrected chi connectivity index (χ2v) is 28.4. The number of likely N-dealkylation sites (tertiary alicyclic amines) is 1. The average molecular weight is 1290 g/mol. The molecule has 5 N–H and O–H groups in total. The third-order valence-corrected chi connectivity index (χ3v) is 20.9. The van der Waals surface area contributed by atoms with Crippen LogP contribution in [0.25, 0.3) is 20.7 Å². The van der Waals surface area contributed by atoms with Crippen LogP contribution < -0.4 is 25.6 Å². The van der Waals surface area contributed by atoms with Crippen LogP contribution in [-0.4, -0.2) is 150 Å². The Morgan fingerprint density at radius 3 is 2.40 bits per heavy atom. The highest BCUT2D eigenvalue weighted by Gasteiger charge is 2.46. The lowest BCUT2D eigenvalue weighted by Crippen LogP contribution is -2.58. The van der Waals surface area contributed by atoms with Crippen LogP contribution in [0.1, 0.15) is 135 Å². The number of hydrogen-bond donors (Lipinski definition) is 5. The number of aliphatic hydroxyl groups is 1. The molecule has 2 saturated heterocycles. The number of aryl methyl sites for hydroxylation is 2. The van der Waals surface area contributed by atoms with E-state index in [1.165, 1.54) is 33.6 Å². The number of carboxylic acids is 1. The number of carboxylic acid groups (broad SMARTS) is 1. The van der Waals surface area contributed by atoms with E-state index in [0.717, 1.165) is 73.9 Å². The number of para-hydroxylation sites is 1. The number of halogens is 1. The SMILES string of the molecule is Cc1ncsc1-c1ccc([C@H](C)NC(=O)[C@@H]2C[C@@H](O)CN2C(=O)C(NC(=O)CC2(CC(=O)N3CCN(CC#Cc4ccc(OCCCc5sc(N6CCCc7c6nnc(Nc6nc8ccccc8s6)c7C)nc5C(=O)O)c(F)c4)CC3)CCCC2)C(C)(C)C)cc1. The Labute approximate surface area is 541 Å². The lowest BCUT2D eigenvalue weighted by molar-refractivity contribution is -0.144. The highest BCUT2D eigenvalue weighted by atomic mass is 32.1. The van der Waals surface area contributed by atoms with Gasteiger partial charge < -0.3 is 45.6 Å². The van der Waals surface area contributed by atoms with Crippen LogP contribution in [0.15, 0.2) is 72.2 Å². The molecule has 1 aliphatic carbocycles. The van der Waals surface area contributed by atoms with E-state index in [9.17, 15) is 34.2 Å². The van der Waals surface area contributed by atoms with E-state index in [0.29, 0.717) is 92.2 Å². The van der Waals surface area contributed by atoms with Gasteiger partial charge in [0.25, 0.3) is 0 Å². The van der Waals surface area contributed by atoms with Gasteiger partial charge in [-0.3, -0.25) is 24.1 Å². The molecule has 0 spiro atoms. The van der Waals surface area contributed by atoms with Gasteiger partial charge in [0.1, 0.15) is 12.1 Å². The van der Waals surface area contributed by atoms with Gasteiger partial charge in [0, 0.05) is 80.1 Å². The van der Waals surface area contributed by atoms with E-state index >= 15 is 4.39 Å². The normalized spacial score (nSPS) is 18.1.